The molecule has 30 heavy (non-hydrogen) atoms. The zero-order valence-electron chi connectivity index (χ0n) is 16.0. The zero-order chi connectivity index (χ0) is 22.1. The Balaban J connectivity index is 1.95. The summed E-state index contributed by atoms with van der Waals surface area (Å²) in [6.07, 6.45) is -3.29. The van der Waals surface area contributed by atoms with Crippen molar-refractivity contribution in [2.24, 2.45) is 0 Å². The van der Waals surface area contributed by atoms with Crippen LogP contribution in [-0.2, 0) is 6.18 Å². The summed E-state index contributed by atoms with van der Waals surface area (Å²) < 4.78 is 39.2. The molecular formula is C19H18F3N5O3. The number of aromatic amines is 1. The maximum absolute atomic E-state index is 13.1. The van der Waals surface area contributed by atoms with Gasteiger partial charge in [-0.05, 0) is 37.9 Å². The molecule has 158 valence electrons. The van der Waals surface area contributed by atoms with Crippen molar-refractivity contribution in [3.8, 4) is 0 Å². The minimum atomic E-state index is -4.48. The lowest BCUT2D eigenvalue weighted by atomic mass is 10.0. The predicted molar refractivity (Wildman–Crippen MR) is 105 cm³/mol. The fourth-order valence-corrected chi connectivity index (χ4v) is 3.12. The molecular weight excluding hydrogens is 403 g/mol. The standard InChI is InChI=1S/C19H18F3N5O3/c1-26(2)17(11-4-3-5-12(6-11)19(20,21)22)9-23-15-8-14-13(7-16(15)27(29)30)18(28)25-10-24-14/h3-8,10,17,23H,9H2,1-2H3,(H,24,25,28). The van der Waals surface area contributed by atoms with Gasteiger partial charge in [0, 0.05) is 12.6 Å². The Morgan fingerprint density at radius 3 is 2.63 bits per heavy atom. The Kier molecular flexibility index (Phi) is 5.74. The van der Waals surface area contributed by atoms with Crippen molar-refractivity contribution in [1.29, 1.82) is 0 Å². The molecule has 0 saturated carbocycles. The van der Waals surface area contributed by atoms with Crippen LogP contribution in [0.4, 0.5) is 24.5 Å². The molecule has 0 aliphatic carbocycles. The van der Waals surface area contributed by atoms with E-state index in [0.717, 1.165) is 18.2 Å². The molecule has 0 aliphatic rings. The third-order valence-electron chi connectivity index (χ3n) is 4.66. The third kappa shape index (κ3) is 4.40. The molecule has 0 fully saturated rings. The normalized spacial score (nSPS) is 12.9. The molecule has 0 saturated heterocycles. The molecule has 1 heterocycles. The number of nitro groups is 1. The van der Waals surface area contributed by atoms with Crippen LogP contribution in [0.25, 0.3) is 10.9 Å². The summed E-state index contributed by atoms with van der Waals surface area (Å²) >= 11 is 0. The van der Waals surface area contributed by atoms with Gasteiger partial charge in [-0.15, -0.1) is 0 Å². The number of nitrogens with one attached hydrogen (secondary N) is 2. The van der Waals surface area contributed by atoms with E-state index in [4.69, 9.17) is 0 Å². The number of anilines is 1. The minimum Gasteiger partial charge on any atom is -0.378 e. The van der Waals surface area contributed by atoms with Gasteiger partial charge in [0.25, 0.3) is 11.2 Å². The van der Waals surface area contributed by atoms with Crippen LogP contribution in [0, 0.1) is 10.1 Å². The maximum Gasteiger partial charge on any atom is 0.416 e. The van der Waals surface area contributed by atoms with Crippen molar-refractivity contribution >= 4 is 22.3 Å². The van der Waals surface area contributed by atoms with Gasteiger partial charge in [-0.3, -0.25) is 14.9 Å². The number of benzene rings is 2. The first-order valence-corrected chi connectivity index (χ1v) is 8.81. The second kappa shape index (κ2) is 8.11. The van der Waals surface area contributed by atoms with E-state index in [1.807, 2.05) is 0 Å². The van der Waals surface area contributed by atoms with Crippen LogP contribution in [0.2, 0.25) is 0 Å². The number of H-pyrrole nitrogens is 1. The number of hydrogen-bond acceptors (Lipinski definition) is 6. The Labute approximate surface area is 168 Å². The Morgan fingerprint density at radius 1 is 1.27 bits per heavy atom. The zero-order valence-corrected chi connectivity index (χ0v) is 16.0. The second-order valence-electron chi connectivity index (χ2n) is 6.86. The van der Waals surface area contributed by atoms with E-state index in [2.05, 4.69) is 15.3 Å². The molecule has 0 radical (unpaired) electrons. The SMILES string of the molecule is CN(C)C(CNc1cc2nc[nH]c(=O)c2cc1[N+](=O)[O-])c1cccc(C(F)(F)F)c1. The number of nitro benzene ring substituents is 1. The molecule has 0 amide bonds. The molecule has 0 spiro atoms. The molecule has 2 aromatic carbocycles. The van der Waals surface area contributed by atoms with Crippen LogP contribution >= 0.6 is 0 Å². The lowest BCUT2D eigenvalue weighted by Gasteiger charge is -2.26. The topological polar surface area (TPSA) is 104 Å². The number of likely N-dealkylation sites (N-methyl/N-ethyl adjacent to an activating group) is 1. The van der Waals surface area contributed by atoms with Crippen LogP contribution in [0.1, 0.15) is 17.2 Å². The Hall–Kier alpha value is -3.47. The van der Waals surface area contributed by atoms with E-state index in [1.165, 1.54) is 18.5 Å². The average Bonchev–Trinajstić information content (AvgIpc) is 2.67. The lowest BCUT2D eigenvalue weighted by Crippen LogP contribution is -2.27. The number of hydrogen-bond donors (Lipinski definition) is 2. The van der Waals surface area contributed by atoms with Crippen molar-refractivity contribution in [2.45, 2.75) is 12.2 Å². The van der Waals surface area contributed by atoms with Crippen molar-refractivity contribution in [3.63, 3.8) is 0 Å². The number of fused-ring (bicyclic) bond motifs is 1. The van der Waals surface area contributed by atoms with E-state index >= 15 is 0 Å². The van der Waals surface area contributed by atoms with Crippen molar-refractivity contribution in [2.75, 3.05) is 26.0 Å². The molecule has 3 rings (SSSR count). The third-order valence-corrected chi connectivity index (χ3v) is 4.66. The van der Waals surface area contributed by atoms with Gasteiger partial charge in [0.15, 0.2) is 0 Å². The van der Waals surface area contributed by atoms with Crippen LogP contribution in [0.3, 0.4) is 0 Å². The highest BCUT2D eigenvalue weighted by Gasteiger charge is 2.31. The van der Waals surface area contributed by atoms with Gasteiger partial charge in [0.1, 0.15) is 5.69 Å². The summed E-state index contributed by atoms with van der Waals surface area (Å²) in [5.41, 5.74) is -0.837. The van der Waals surface area contributed by atoms with Gasteiger partial charge in [-0.2, -0.15) is 13.2 Å². The highest BCUT2D eigenvalue weighted by Crippen LogP contribution is 2.33. The molecule has 1 unspecified atom stereocenters. The molecule has 0 bridgehead atoms. The fourth-order valence-electron chi connectivity index (χ4n) is 3.12. The highest BCUT2D eigenvalue weighted by molar-refractivity contribution is 5.86. The van der Waals surface area contributed by atoms with Crippen LogP contribution < -0.4 is 10.9 Å². The summed E-state index contributed by atoms with van der Waals surface area (Å²) in [6.45, 7) is 0.0872. The Bertz CT molecular complexity index is 1140. The lowest BCUT2D eigenvalue weighted by molar-refractivity contribution is -0.383. The average molecular weight is 421 g/mol. The number of alkyl halides is 3. The first-order valence-electron chi connectivity index (χ1n) is 8.81. The van der Waals surface area contributed by atoms with Crippen LogP contribution in [-0.4, -0.2) is 40.4 Å². The Morgan fingerprint density at radius 2 is 2.00 bits per heavy atom. The van der Waals surface area contributed by atoms with E-state index in [9.17, 15) is 28.1 Å². The quantitative estimate of drug-likeness (QED) is 0.466. The van der Waals surface area contributed by atoms with Crippen molar-refractivity contribution in [3.05, 3.63) is 74.3 Å². The van der Waals surface area contributed by atoms with Gasteiger partial charge in [0.05, 0.1) is 33.8 Å². The minimum absolute atomic E-state index is 0.0665. The largest absolute Gasteiger partial charge is 0.416 e. The van der Waals surface area contributed by atoms with Crippen molar-refractivity contribution < 1.29 is 18.1 Å². The van der Waals surface area contributed by atoms with E-state index in [1.54, 1.807) is 25.1 Å². The number of nitrogens with zero attached hydrogens (tertiary/aromatic N) is 3. The number of rotatable bonds is 6. The van der Waals surface area contributed by atoms with Gasteiger partial charge >= 0.3 is 6.18 Å². The summed E-state index contributed by atoms with van der Waals surface area (Å²) in [5.74, 6) is 0. The van der Waals surface area contributed by atoms with Crippen LogP contribution in [0.15, 0.2) is 47.5 Å². The summed E-state index contributed by atoms with van der Waals surface area (Å²) in [5, 5.41) is 14.5. The maximum atomic E-state index is 13.1. The van der Waals surface area contributed by atoms with E-state index in [0.29, 0.717) is 5.56 Å². The summed E-state index contributed by atoms with van der Waals surface area (Å²) in [6, 6.07) is 6.93. The number of halogens is 3. The van der Waals surface area contributed by atoms with Gasteiger partial charge in [0.2, 0.25) is 0 Å². The molecule has 8 nitrogen and oxygen atoms in total. The first kappa shape index (κ1) is 21.2. The smallest absolute Gasteiger partial charge is 0.378 e. The molecule has 11 heteroatoms. The van der Waals surface area contributed by atoms with Crippen LogP contribution in [0.5, 0.6) is 0 Å². The molecule has 1 atom stereocenters. The molecule has 0 aliphatic heterocycles. The first-order chi connectivity index (χ1) is 14.1. The highest BCUT2D eigenvalue weighted by atomic mass is 19.4. The molecule has 2 N–H and O–H groups in total. The predicted octanol–water partition coefficient (Wildman–Crippen LogP) is 3.56. The molecule has 3 aromatic rings. The fraction of sp³-hybridized carbons (Fsp3) is 0.263. The summed E-state index contributed by atoms with van der Waals surface area (Å²) in [4.78, 5) is 30.8. The molecule has 1 aromatic heterocycles. The van der Waals surface area contributed by atoms with E-state index in [-0.39, 0.29) is 28.8 Å². The van der Waals surface area contributed by atoms with Gasteiger partial charge in [-0.1, -0.05) is 12.1 Å². The van der Waals surface area contributed by atoms with Gasteiger partial charge in [-0.25, -0.2) is 4.98 Å². The number of aromatic nitrogens is 2. The summed E-state index contributed by atoms with van der Waals surface area (Å²) in [7, 11) is 3.39. The monoisotopic (exact) mass is 421 g/mol. The van der Waals surface area contributed by atoms with E-state index < -0.39 is 28.3 Å². The van der Waals surface area contributed by atoms with Gasteiger partial charge < -0.3 is 15.2 Å². The van der Waals surface area contributed by atoms with Crippen molar-refractivity contribution in [1.82, 2.24) is 14.9 Å². The second-order valence-corrected chi connectivity index (χ2v) is 6.86.